The first-order chi connectivity index (χ1) is 10.2. The van der Waals surface area contributed by atoms with Gasteiger partial charge in [-0.25, -0.2) is 4.79 Å². The highest BCUT2D eigenvalue weighted by molar-refractivity contribution is 6.30. The van der Waals surface area contributed by atoms with Gasteiger partial charge >= 0.3 is 6.03 Å². The smallest absolute Gasteiger partial charge is 0.319 e. The Hall–Kier alpha value is -1.30. The van der Waals surface area contributed by atoms with Crippen molar-refractivity contribution in [3.63, 3.8) is 0 Å². The largest absolute Gasteiger partial charge is 0.347 e. The molecular weight excluding hydrogens is 292 g/mol. The molecule has 2 aliphatic rings. The van der Waals surface area contributed by atoms with Crippen molar-refractivity contribution in [2.24, 2.45) is 0 Å². The molecule has 0 radical (unpaired) electrons. The van der Waals surface area contributed by atoms with E-state index in [-0.39, 0.29) is 17.9 Å². The molecule has 1 aliphatic heterocycles. The third kappa shape index (κ3) is 3.67. The van der Waals surface area contributed by atoms with Crippen LogP contribution < -0.4 is 10.6 Å². The average Bonchev–Trinajstić information content (AvgIpc) is 3.10. The quantitative estimate of drug-likeness (QED) is 0.901. The molecule has 1 heterocycles. The van der Waals surface area contributed by atoms with Crippen LogP contribution in [-0.4, -0.2) is 31.1 Å². The molecule has 1 aliphatic carbocycles. The van der Waals surface area contributed by atoms with E-state index in [1.807, 2.05) is 0 Å². The predicted molar refractivity (Wildman–Crippen MR) is 80.5 cm³/mol. The molecule has 0 aromatic heterocycles. The maximum absolute atomic E-state index is 11.8. The van der Waals surface area contributed by atoms with Crippen molar-refractivity contribution in [3.8, 4) is 0 Å². The molecule has 114 valence electrons. The summed E-state index contributed by atoms with van der Waals surface area (Å²) in [6, 6.07) is 6.72. The van der Waals surface area contributed by atoms with Crippen molar-refractivity contribution in [3.05, 3.63) is 29.3 Å². The number of ether oxygens (including phenoxy) is 2. The molecule has 1 atom stereocenters. The van der Waals surface area contributed by atoms with Gasteiger partial charge in [-0.3, -0.25) is 0 Å². The summed E-state index contributed by atoms with van der Waals surface area (Å²) in [7, 11) is 0. The van der Waals surface area contributed by atoms with Crippen LogP contribution in [0.15, 0.2) is 24.3 Å². The lowest BCUT2D eigenvalue weighted by Crippen LogP contribution is -2.37. The van der Waals surface area contributed by atoms with Crippen LogP contribution in [0.5, 0.6) is 0 Å². The number of anilines is 1. The summed E-state index contributed by atoms with van der Waals surface area (Å²) >= 11 is 5.80. The molecule has 2 N–H and O–H groups in total. The molecule has 6 heteroatoms. The van der Waals surface area contributed by atoms with E-state index in [1.54, 1.807) is 24.3 Å². The van der Waals surface area contributed by atoms with Crippen LogP contribution in [0.1, 0.15) is 25.7 Å². The van der Waals surface area contributed by atoms with Gasteiger partial charge in [-0.2, -0.15) is 0 Å². The van der Waals surface area contributed by atoms with Gasteiger partial charge < -0.3 is 20.1 Å². The van der Waals surface area contributed by atoms with E-state index in [0.717, 1.165) is 25.7 Å². The van der Waals surface area contributed by atoms with E-state index in [2.05, 4.69) is 10.6 Å². The fourth-order valence-electron chi connectivity index (χ4n) is 2.81. The van der Waals surface area contributed by atoms with Gasteiger partial charge in [0.05, 0.1) is 6.61 Å². The Morgan fingerprint density at radius 2 is 2.00 bits per heavy atom. The molecule has 0 unspecified atom stereocenters. The fourth-order valence-corrected chi connectivity index (χ4v) is 2.93. The zero-order valence-corrected chi connectivity index (χ0v) is 12.5. The summed E-state index contributed by atoms with van der Waals surface area (Å²) in [5.74, 6) is -0.376. The molecule has 2 amide bonds. The van der Waals surface area contributed by atoms with Crippen molar-refractivity contribution in [2.45, 2.75) is 37.6 Å². The first-order valence-electron chi connectivity index (χ1n) is 7.27. The highest BCUT2D eigenvalue weighted by atomic mass is 35.5. The van der Waals surface area contributed by atoms with Crippen LogP contribution in [0, 0.1) is 0 Å². The van der Waals surface area contributed by atoms with Gasteiger partial charge in [0.15, 0.2) is 5.79 Å². The summed E-state index contributed by atoms with van der Waals surface area (Å²) in [5.41, 5.74) is 0.702. The molecule has 5 nitrogen and oxygen atoms in total. The van der Waals surface area contributed by atoms with Crippen molar-refractivity contribution >= 4 is 23.3 Å². The lowest BCUT2D eigenvalue weighted by atomic mass is 10.2. The van der Waals surface area contributed by atoms with E-state index >= 15 is 0 Å². The number of nitrogens with one attached hydrogen (secondary N) is 2. The van der Waals surface area contributed by atoms with Crippen LogP contribution >= 0.6 is 11.6 Å². The normalized spacial score (nSPS) is 23.4. The van der Waals surface area contributed by atoms with Crippen molar-refractivity contribution < 1.29 is 14.3 Å². The SMILES string of the molecule is O=C(NC[C@H]1COC2(CCCC2)O1)Nc1ccc(Cl)cc1. The Labute approximate surface area is 128 Å². The summed E-state index contributed by atoms with van der Waals surface area (Å²) in [6.07, 6.45) is 4.15. The highest BCUT2D eigenvalue weighted by Crippen LogP contribution is 2.38. The summed E-state index contributed by atoms with van der Waals surface area (Å²) in [5, 5.41) is 6.19. The van der Waals surface area contributed by atoms with Gasteiger partial charge in [-0.1, -0.05) is 11.6 Å². The summed E-state index contributed by atoms with van der Waals surface area (Å²) in [6.45, 7) is 0.988. The molecule has 21 heavy (non-hydrogen) atoms. The van der Waals surface area contributed by atoms with Gasteiger partial charge in [-0.15, -0.1) is 0 Å². The Balaban J connectivity index is 1.43. The zero-order valence-electron chi connectivity index (χ0n) is 11.7. The Kier molecular flexibility index (Phi) is 4.33. The number of carbonyl (C=O) groups is 1. The third-order valence-electron chi connectivity index (χ3n) is 3.87. The van der Waals surface area contributed by atoms with Crippen LogP contribution in [0.3, 0.4) is 0 Å². The predicted octanol–water partition coefficient (Wildman–Crippen LogP) is 3.15. The first-order valence-corrected chi connectivity index (χ1v) is 7.65. The lowest BCUT2D eigenvalue weighted by Gasteiger charge is -2.21. The molecule has 1 saturated carbocycles. The van der Waals surface area contributed by atoms with Crippen LogP contribution in [-0.2, 0) is 9.47 Å². The molecule has 1 spiro atoms. The molecule has 3 rings (SSSR count). The van der Waals surface area contributed by atoms with Gasteiger partial charge in [0, 0.05) is 30.1 Å². The van der Waals surface area contributed by atoms with E-state index in [9.17, 15) is 4.79 Å². The number of rotatable bonds is 3. The van der Waals surface area contributed by atoms with Gasteiger partial charge in [0.1, 0.15) is 6.10 Å². The van der Waals surface area contributed by atoms with E-state index in [1.165, 1.54) is 0 Å². The second-order valence-electron chi connectivity index (χ2n) is 5.51. The molecule has 2 fully saturated rings. The monoisotopic (exact) mass is 310 g/mol. The summed E-state index contributed by atoms with van der Waals surface area (Å²) in [4.78, 5) is 11.8. The second-order valence-corrected chi connectivity index (χ2v) is 5.95. The minimum absolute atomic E-state index is 0.0703. The van der Waals surface area contributed by atoms with Crippen LogP contribution in [0.25, 0.3) is 0 Å². The maximum atomic E-state index is 11.8. The molecule has 1 saturated heterocycles. The number of carbonyl (C=O) groups excluding carboxylic acids is 1. The molecular formula is C15H19ClN2O3. The molecule has 1 aromatic carbocycles. The number of hydrogen-bond donors (Lipinski definition) is 2. The first kappa shape index (κ1) is 14.6. The van der Waals surface area contributed by atoms with E-state index < -0.39 is 0 Å². The standard InChI is InChI=1S/C15H19ClN2O3/c16-11-3-5-12(6-4-11)18-14(19)17-9-13-10-20-15(21-13)7-1-2-8-15/h3-6,13H,1-2,7-10H2,(H2,17,18,19)/t13-/m0/s1. The Bertz CT molecular complexity index is 500. The summed E-state index contributed by atoms with van der Waals surface area (Å²) < 4.78 is 11.7. The zero-order chi connectivity index (χ0) is 14.7. The minimum Gasteiger partial charge on any atom is -0.347 e. The average molecular weight is 311 g/mol. The van der Waals surface area contributed by atoms with Crippen LogP contribution in [0.4, 0.5) is 10.5 Å². The number of halogens is 1. The Morgan fingerprint density at radius 3 is 2.71 bits per heavy atom. The van der Waals surface area contributed by atoms with Gasteiger partial charge in [0.25, 0.3) is 0 Å². The second kappa shape index (κ2) is 6.22. The number of amides is 2. The lowest BCUT2D eigenvalue weighted by molar-refractivity contribution is -0.160. The van der Waals surface area contributed by atoms with Crippen molar-refractivity contribution in [1.29, 1.82) is 0 Å². The van der Waals surface area contributed by atoms with Crippen LogP contribution in [0.2, 0.25) is 5.02 Å². The minimum atomic E-state index is -0.376. The topological polar surface area (TPSA) is 59.6 Å². The molecule has 1 aromatic rings. The van der Waals surface area contributed by atoms with Crippen molar-refractivity contribution in [1.82, 2.24) is 5.32 Å². The third-order valence-corrected chi connectivity index (χ3v) is 4.12. The van der Waals surface area contributed by atoms with E-state index in [0.29, 0.717) is 23.9 Å². The maximum Gasteiger partial charge on any atom is 0.319 e. The number of urea groups is 1. The number of hydrogen-bond acceptors (Lipinski definition) is 3. The van der Waals surface area contributed by atoms with E-state index in [4.69, 9.17) is 21.1 Å². The van der Waals surface area contributed by atoms with Crippen molar-refractivity contribution in [2.75, 3.05) is 18.5 Å². The van der Waals surface area contributed by atoms with Gasteiger partial charge in [0.2, 0.25) is 0 Å². The highest BCUT2D eigenvalue weighted by Gasteiger charge is 2.43. The number of benzene rings is 1. The Morgan fingerprint density at radius 1 is 1.29 bits per heavy atom. The fraction of sp³-hybridized carbons (Fsp3) is 0.533. The molecule has 0 bridgehead atoms. The van der Waals surface area contributed by atoms with Gasteiger partial charge in [-0.05, 0) is 37.1 Å².